The summed E-state index contributed by atoms with van der Waals surface area (Å²) in [6.45, 7) is 2.93. The quantitative estimate of drug-likeness (QED) is 0.528. The summed E-state index contributed by atoms with van der Waals surface area (Å²) in [5, 5.41) is 1.25. The third-order valence-electron chi connectivity index (χ3n) is 3.54. The van der Waals surface area contributed by atoms with Crippen molar-refractivity contribution in [1.29, 1.82) is 0 Å². The van der Waals surface area contributed by atoms with Crippen molar-refractivity contribution in [3.8, 4) is 5.75 Å². The first-order chi connectivity index (χ1) is 11.0. The van der Waals surface area contributed by atoms with Gasteiger partial charge in [0.05, 0.1) is 24.2 Å². The molecule has 0 saturated carbocycles. The second-order valence-electron chi connectivity index (χ2n) is 5.24. The van der Waals surface area contributed by atoms with E-state index in [1.165, 1.54) is 0 Å². The number of benzene rings is 2. The highest BCUT2D eigenvalue weighted by atomic mass is 35.5. The molecule has 0 amide bonds. The smallest absolute Gasteiger partial charge is 0.119 e. The highest BCUT2D eigenvalue weighted by Crippen LogP contribution is 2.32. The van der Waals surface area contributed by atoms with Crippen molar-refractivity contribution in [1.82, 2.24) is 4.90 Å². The molecule has 2 aromatic carbocycles. The van der Waals surface area contributed by atoms with Crippen LogP contribution in [0.2, 0.25) is 10.0 Å². The third-order valence-corrected chi connectivity index (χ3v) is 4.19. The molecule has 3 nitrogen and oxygen atoms in total. The molecule has 0 N–H and O–H groups in total. The van der Waals surface area contributed by atoms with Crippen LogP contribution in [0.4, 0.5) is 5.69 Å². The summed E-state index contributed by atoms with van der Waals surface area (Å²) in [5.74, 6) is 0.827. The van der Waals surface area contributed by atoms with Gasteiger partial charge in [0, 0.05) is 18.6 Å². The molecule has 0 aliphatic carbocycles. The van der Waals surface area contributed by atoms with Crippen molar-refractivity contribution in [3.63, 3.8) is 0 Å². The number of hydrogen-bond donors (Lipinski definition) is 0. The van der Waals surface area contributed by atoms with Crippen molar-refractivity contribution in [2.24, 2.45) is 4.99 Å². The van der Waals surface area contributed by atoms with E-state index < -0.39 is 0 Å². The Labute approximate surface area is 147 Å². The molecule has 0 bridgehead atoms. The highest BCUT2D eigenvalue weighted by molar-refractivity contribution is 6.35. The molecule has 2 rings (SSSR count). The molecule has 0 saturated heterocycles. The predicted octanol–water partition coefficient (Wildman–Crippen LogP) is 5.20. The Morgan fingerprint density at radius 2 is 1.96 bits per heavy atom. The standard InChI is InChI=1S/C18H20Cl2N2O/c1-4-22(2)12-21-18-11-16(19)14(10-17(18)20)8-13-6-5-7-15(9-13)23-3/h5-7,9-12H,4,8H2,1-3H3/b21-12-. The zero-order valence-electron chi connectivity index (χ0n) is 13.5. The number of halogens is 2. The van der Waals surface area contributed by atoms with E-state index in [4.69, 9.17) is 27.9 Å². The number of nitrogens with zero attached hydrogens (tertiary/aromatic N) is 2. The van der Waals surface area contributed by atoms with E-state index in [-0.39, 0.29) is 0 Å². The van der Waals surface area contributed by atoms with E-state index in [0.717, 1.165) is 23.4 Å². The Morgan fingerprint density at radius 3 is 2.65 bits per heavy atom. The molecule has 0 aliphatic rings. The van der Waals surface area contributed by atoms with Crippen LogP contribution in [0.3, 0.4) is 0 Å². The number of hydrogen-bond acceptors (Lipinski definition) is 2. The minimum Gasteiger partial charge on any atom is -0.497 e. The Kier molecular flexibility index (Phi) is 6.31. The van der Waals surface area contributed by atoms with Crippen molar-refractivity contribution in [2.45, 2.75) is 13.3 Å². The molecule has 0 radical (unpaired) electrons. The molecule has 0 spiro atoms. The summed E-state index contributed by atoms with van der Waals surface area (Å²) in [6, 6.07) is 11.6. The summed E-state index contributed by atoms with van der Waals surface area (Å²) < 4.78 is 5.25. The van der Waals surface area contributed by atoms with Gasteiger partial charge in [0.25, 0.3) is 0 Å². The highest BCUT2D eigenvalue weighted by Gasteiger charge is 2.08. The van der Waals surface area contributed by atoms with Gasteiger partial charge in [-0.1, -0.05) is 35.3 Å². The van der Waals surface area contributed by atoms with E-state index in [9.17, 15) is 0 Å². The normalized spacial score (nSPS) is 11.0. The molecule has 5 heteroatoms. The van der Waals surface area contributed by atoms with Crippen LogP contribution in [0.15, 0.2) is 41.4 Å². The lowest BCUT2D eigenvalue weighted by Crippen LogP contribution is -2.14. The van der Waals surface area contributed by atoms with E-state index in [0.29, 0.717) is 22.2 Å². The number of aliphatic imine (C=N–C) groups is 1. The Bertz CT molecular complexity index is 701. The predicted molar refractivity (Wildman–Crippen MR) is 98.7 cm³/mol. The van der Waals surface area contributed by atoms with Crippen LogP contribution in [0, 0.1) is 0 Å². The first kappa shape index (κ1) is 17.6. The van der Waals surface area contributed by atoms with E-state index in [2.05, 4.69) is 11.9 Å². The van der Waals surface area contributed by atoms with Gasteiger partial charge < -0.3 is 9.64 Å². The van der Waals surface area contributed by atoms with Crippen molar-refractivity contribution >= 4 is 35.2 Å². The summed E-state index contributed by atoms with van der Waals surface area (Å²) in [7, 11) is 3.61. The second-order valence-corrected chi connectivity index (χ2v) is 6.06. The van der Waals surface area contributed by atoms with E-state index in [1.807, 2.05) is 42.3 Å². The zero-order chi connectivity index (χ0) is 16.8. The molecule has 2 aromatic rings. The molecular weight excluding hydrogens is 331 g/mol. The van der Waals surface area contributed by atoms with Gasteiger partial charge in [0.15, 0.2) is 0 Å². The van der Waals surface area contributed by atoms with Gasteiger partial charge >= 0.3 is 0 Å². The lowest BCUT2D eigenvalue weighted by Gasteiger charge is -2.11. The largest absolute Gasteiger partial charge is 0.497 e. The third kappa shape index (κ3) is 4.88. The molecule has 0 atom stereocenters. The lowest BCUT2D eigenvalue weighted by atomic mass is 10.0. The minimum atomic E-state index is 0.591. The first-order valence-electron chi connectivity index (χ1n) is 7.38. The lowest BCUT2D eigenvalue weighted by molar-refractivity contribution is 0.414. The fourth-order valence-corrected chi connectivity index (χ4v) is 2.52. The first-order valence-corrected chi connectivity index (χ1v) is 8.14. The van der Waals surface area contributed by atoms with Crippen LogP contribution in [-0.2, 0) is 6.42 Å². The van der Waals surface area contributed by atoms with E-state index >= 15 is 0 Å². The summed E-state index contributed by atoms with van der Waals surface area (Å²) in [5.41, 5.74) is 2.75. The Hall–Kier alpha value is -1.71. The van der Waals surface area contributed by atoms with Crippen molar-refractivity contribution in [3.05, 3.63) is 57.6 Å². The van der Waals surface area contributed by atoms with Crippen LogP contribution in [0.25, 0.3) is 0 Å². The maximum atomic E-state index is 6.40. The summed E-state index contributed by atoms with van der Waals surface area (Å²) >= 11 is 12.7. The fourth-order valence-electron chi connectivity index (χ4n) is 2.06. The van der Waals surface area contributed by atoms with Crippen LogP contribution in [0.5, 0.6) is 5.75 Å². The number of rotatable bonds is 6. The zero-order valence-corrected chi connectivity index (χ0v) is 15.0. The SMILES string of the molecule is CCN(C)/C=N\c1cc(Cl)c(Cc2cccc(OC)c2)cc1Cl. The Balaban J connectivity index is 2.24. The molecule has 0 aromatic heterocycles. The van der Waals surface area contributed by atoms with Crippen LogP contribution >= 0.6 is 23.2 Å². The van der Waals surface area contributed by atoms with Gasteiger partial charge in [-0.25, -0.2) is 4.99 Å². The van der Waals surface area contributed by atoms with Gasteiger partial charge in [-0.3, -0.25) is 0 Å². The molecule has 0 unspecified atom stereocenters. The van der Waals surface area contributed by atoms with Crippen LogP contribution in [0.1, 0.15) is 18.1 Å². The summed E-state index contributed by atoms with van der Waals surface area (Å²) in [4.78, 5) is 6.34. The number of methoxy groups -OCH3 is 1. The molecular formula is C18H20Cl2N2O. The average Bonchev–Trinajstić information content (AvgIpc) is 2.56. The molecule has 0 aliphatic heterocycles. The topological polar surface area (TPSA) is 24.8 Å². The minimum absolute atomic E-state index is 0.591. The fraction of sp³-hybridized carbons (Fsp3) is 0.278. The van der Waals surface area contributed by atoms with Crippen LogP contribution in [-0.4, -0.2) is 31.9 Å². The molecule has 122 valence electrons. The van der Waals surface area contributed by atoms with Crippen LogP contribution < -0.4 is 4.74 Å². The maximum Gasteiger partial charge on any atom is 0.119 e. The van der Waals surface area contributed by atoms with Gasteiger partial charge in [-0.2, -0.15) is 0 Å². The number of ether oxygens (including phenoxy) is 1. The van der Waals surface area contributed by atoms with Gasteiger partial charge in [0.1, 0.15) is 5.75 Å². The van der Waals surface area contributed by atoms with Gasteiger partial charge in [0.2, 0.25) is 0 Å². The molecule has 0 fully saturated rings. The Morgan fingerprint density at radius 1 is 1.17 bits per heavy atom. The average molecular weight is 351 g/mol. The maximum absolute atomic E-state index is 6.40. The second kappa shape index (κ2) is 8.23. The monoisotopic (exact) mass is 350 g/mol. The molecule has 0 heterocycles. The van der Waals surface area contributed by atoms with Gasteiger partial charge in [-0.15, -0.1) is 0 Å². The van der Waals surface area contributed by atoms with Crippen molar-refractivity contribution in [2.75, 3.05) is 20.7 Å². The molecule has 23 heavy (non-hydrogen) atoms. The summed E-state index contributed by atoms with van der Waals surface area (Å²) in [6.07, 6.45) is 2.44. The van der Waals surface area contributed by atoms with Gasteiger partial charge in [-0.05, 0) is 48.7 Å². The van der Waals surface area contributed by atoms with Crippen molar-refractivity contribution < 1.29 is 4.74 Å². The van der Waals surface area contributed by atoms with E-state index in [1.54, 1.807) is 19.5 Å².